The van der Waals surface area contributed by atoms with Gasteiger partial charge in [0.1, 0.15) is 0 Å². The number of amides is 2. The van der Waals surface area contributed by atoms with Crippen LogP contribution < -0.4 is 5.32 Å². The van der Waals surface area contributed by atoms with Crippen LogP contribution in [0.25, 0.3) is 0 Å². The molecule has 0 aliphatic heterocycles. The summed E-state index contributed by atoms with van der Waals surface area (Å²) in [5, 5.41) is 2.51. The molecule has 0 saturated heterocycles. The molecule has 70 valence electrons. The van der Waals surface area contributed by atoms with E-state index in [1.165, 1.54) is 11.3 Å². The lowest BCUT2D eigenvalue weighted by Gasteiger charge is -2.02. The first kappa shape index (κ1) is 10.4. The summed E-state index contributed by atoms with van der Waals surface area (Å²) in [4.78, 5) is 24.7. The molecule has 4 nitrogen and oxygen atoms in total. The van der Waals surface area contributed by atoms with E-state index in [0.717, 1.165) is 0 Å². The molecular formula is C6H4Cl2N2O2S. The first-order valence-electron chi connectivity index (χ1n) is 3.14. The lowest BCUT2D eigenvalue weighted by atomic mass is 10.3. The number of hydrogen-bond acceptors (Lipinski definition) is 4. The third-order valence-electron chi connectivity index (χ3n) is 1.18. The van der Waals surface area contributed by atoms with Gasteiger partial charge in [-0.2, -0.15) is 0 Å². The Kier molecular flexibility index (Phi) is 3.65. The average molecular weight is 239 g/mol. The highest BCUT2D eigenvalue weighted by molar-refractivity contribution is 7.14. The molecule has 0 bridgehead atoms. The van der Waals surface area contributed by atoms with Crippen LogP contribution in [0.15, 0.2) is 5.38 Å². The van der Waals surface area contributed by atoms with Gasteiger partial charge in [-0.15, -0.1) is 22.9 Å². The van der Waals surface area contributed by atoms with Crippen molar-refractivity contribution in [2.24, 2.45) is 0 Å². The van der Waals surface area contributed by atoms with Crippen molar-refractivity contribution in [1.82, 2.24) is 10.3 Å². The fourth-order valence-electron chi connectivity index (χ4n) is 0.645. The van der Waals surface area contributed by atoms with Crippen LogP contribution in [0.3, 0.4) is 0 Å². The topological polar surface area (TPSA) is 59.1 Å². The quantitative estimate of drug-likeness (QED) is 0.639. The Morgan fingerprint density at radius 2 is 2.46 bits per heavy atom. The number of halogens is 2. The second kappa shape index (κ2) is 4.55. The molecule has 1 atom stereocenters. The minimum atomic E-state index is -0.978. The van der Waals surface area contributed by atoms with Gasteiger partial charge in [0.05, 0.1) is 5.69 Å². The molecule has 0 aliphatic carbocycles. The Morgan fingerprint density at radius 3 is 2.92 bits per heavy atom. The molecule has 0 fully saturated rings. The van der Waals surface area contributed by atoms with E-state index in [2.05, 4.69) is 4.98 Å². The Hall–Kier alpha value is -0.650. The number of nitrogens with zero attached hydrogens (tertiary/aromatic N) is 1. The van der Waals surface area contributed by atoms with Crippen LogP contribution in [0, 0.1) is 0 Å². The van der Waals surface area contributed by atoms with E-state index in [0.29, 0.717) is 10.2 Å². The maximum atomic E-state index is 11.0. The number of carbonyl (C=O) groups excluding carboxylic acids is 2. The summed E-state index contributed by atoms with van der Waals surface area (Å²) in [6, 6.07) is 0. The molecular weight excluding hydrogens is 235 g/mol. The second-order valence-electron chi connectivity index (χ2n) is 2.01. The predicted molar refractivity (Wildman–Crippen MR) is 49.9 cm³/mol. The molecule has 1 aromatic rings. The van der Waals surface area contributed by atoms with Crippen molar-refractivity contribution in [2.75, 3.05) is 0 Å². The largest absolute Gasteiger partial charge is 0.297 e. The van der Waals surface area contributed by atoms with Crippen LogP contribution in [-0.4, -0.2) is 17.3 Å². The number of hydrogen-bond donors (Lipinski definition) is 1. The summed E-state index contributed by atoms with van der Waals surface area (Å²) < 4.78 is 0.305. The lowest BCUT2D eigenvalue weighted by molar-refractivity contribution is -0.125. The zero-order chi connectivity index (χ0) is 9.84. The van der Waals surface area contributed by atoms with Crippen LogP contribution in [0.5, 0.6) is 0 Å². The van der Waals surface area contributed by atoms with Gasteiger partial charge in [-0.05, 0) is 0 Å². The third kappa shape index (κ3) is 2.65. The normalized spacial score (nSPS) is 12.2. The van der Waals surface area contributed by atoms with Crippen molar-refractivity contribution < 1.29 is 9.59 Å². The lowest BCUT2D eigenvalue weighted by Crippen LogP contribution is -2.25. The van der Waals surface area contributed by atoms with E-state index < -0.39 is 11.3 Å². The van der Waals surface area contributed by atoms with Gasteiger partial charge in [0, 0.05) is 5.38 Å². The molecule has 0 saturated carbocycles. The summed E-state index contributed by atoms with van der Waals surface area (Å²) in [7, 11) is 0. The smallest absolute Gasteiger partial charge is 0.250 e. The van der Waals surface area contributed by atoms with E-state index in [9.17, 15) is 9.59 Å². The summed E-state index contributed by atoms with van der Waals surface area (Å²) in [5.41, 5.74) is 0.344. The Labute approximate surface area is 87.9 Å². The molecule has 0 radical (unpaired) electrons. The number of thiazole rings is 1. The Bertz CT molecular complexity index is 328. The van der Waals surface area contributed by atoms with Crippen molar-refractivity contribution >= 4 is 46.9 Å². The summed E-state index contributed by atoms with van der Waals surface area (Å²) in [6.07, 6.45) is 0.270. The number of alkyl halides is 1. The number of carbonyl (C=O) groups is 2. The summed E-state index contributed by atoms with van der Waals surface area (Å²) >= 11 is 12.4. The van der Waals surface area contributed by atoms with Gasteiger partial charge in [-0.25, -0.2) is 4.98 Å². The monoisotopic (exact) mass is 238 g/mol. The molecule has 7 heteroatoms. The van der Waals surface area contributed by atoms with Crippen molar-refractivity contribution in [3.05, 3.63) is 15.5 Å². The highest BCUT2D eigenvalue weighted by Crippen LogP contribution is 2.24. The van der Waals surface area contributed by atoms with Crippen LogP contribution in [0.1, 0.15) is 11.1 Å². The van der Waals surface area contributed by atoms with Gasteiger partial charge in [0.25, 0.3) is 5.91 Å². The third-order valence-corrected chi connectivity index (χ3v) is 2.60. The van der Waals surface area contributed by atoms with Gasteiger partial charge in [0.2, 0.25) is 6.41 Å². The van der Waals surface area contributed by atoms with Gasteiger partial charge in [0.15, 0.2) is 9.84 Å². The first-order chi connectivity index (χ1) is 6.15. The van der Waals surface area contributed by atoms with Crippen molar-refractivity contribution in [3.63, 3.8) is 0 Å². The highest BCUT2D eigenvalue weighted by atomic mass is 35.5. The maximum Gasteiger partial charge on any atom is 0.250 e. The fraction of sp³-hybridized carbons (Fsp3) is 0.167. The van der Waals surface area contributed by atoms with E-state index in [-0.39, 0.29) is 6.41 Å². The molecule has 1 rings (SSSR count). The summed E-state index contributed by atoms with van der Waals surface area (Å²) in [5.74, 6) is -0.612. The maximum absolute atomic E-state index is 11.0. The Morgan fingerprint density at radius 1 is 1.77 bits per heavy atom. The predicted octanol–water partition coefficient (Wildman–Crippen LogP) is 1.35. The second-order valence-corrected chi connectivity index (χ2v) is 3.89. The standard InChI is InChI=1S/C6H4Cl2N2O2S/c7-4(5(12)9-2-11)3-1-13-6(8)10-3/h1-2,4H,(H,9,11,12). The zero-order valence-electron chi connectivity index (χ0n) is 6.16. The van der Waals surface area contributed by atoms with E-state index in [1.807, 2.05) is 5.32 Å². The van der Waals surface area contributed by atoms with Crippen LogP contribution in [0.4, 0.5) is 0 Å². The van der Waals surface area contributed by atoms with E-state index >= 15 is 0 Å². The van der Waals surface area contributed by atoms with Crippen molar-refractivity contribution in [1.29, 1.82) is 0 Å². The molecule has 1 N–H and O–H groups in total. The Balaban J connectivity index is 2.72. The molecule has 0 spiro atoms. The zero-order valence-corrected chi connectivity index (χ0v) is 8.49. The van der Waals surface area contributed by atoms with Gasteiger partial charge in [-0.1, -0.05) is 11.6 Å². The van der Waals surface area contributed by atoms with Gasteiger partial charge >= 0.3 is 0 Å². The van der Waals surface area contributed by atoms with Gasteiger partial charge in [-0.3, -0.25) is 14.9 Å². The number of rotatable bonds is 3. The molecule has 2 amide bonds. The number of nitrogens with one attached hydrogen (secondary N) is 1. The van der Waals surface area contributed by atoms with E-state index in [1.54, 1.807) is 5.38 Å². The molecule has 1 unspecified atom stereocenters. The minimum Gasteiger partial charge on any atom is -0.297 e. The van der Waals surface area contributed by atoms with Gasteiger partial charge < -0.3 is 0 Å². The van der Waals surface area contributed by atoms with Crippen molar-refractivity contribution in [2.45, 2.75) is 5.38 Å². The van der Waals surface area contributed by atoms with Crippen molar-refractivity contribution in [3.8, 4) is 0 Å². The van der Waals surface area contributed by atoms with E-state index in [4.69, 9.17) is 23.2 Å². The van der Waals surface area contributed by atoms with Crippen LogP contribution in [-0.2, 0) is 9.59 Å². The molecule has 1 aromatic heterocycles. The highest BCUT2D eigenvalue weighted by Gasteiger charge is 2.19. The first-order valence-corrected chi connectivity index (χ1v) is 4.83. The fourth-order valence-corrected chi connectivity index (χ4v) is 1.69. The summed E-state index contributed by atoms with van der Waals surface area (Å²) in [6.45, 7) is 0. The SMILES string of the molecule is O=CNC(=O)C(Cl)c1csc(Cl)n1. The molecule has 13 heavy (non-hydrogen) atoms. The van der Waals surface area contributed by atoms with Crippen LogP contribution >= 0.6 is 34.5 Å². The number of imide groups is 1. The molecule has 0 aliphatic rings. The number of aromatic nitrogens is 1. The van der Waals surface area contributed by atoms with Crippen LogP contribution in [0.2, 0.25) is 4.47 Å². The average Bonchev–Trinajstić information content (AvgIpc) is 2.51. The minimum absolute atomic E-state index is 0.270. The molecule has 1 heterocycles. The molecule has 0 aromatic carbocycles.